The number of H-pyrrole nitrogens is 1. The molecule has 2 aromatic rings. The van der Waals surface area contributed by atoms with Gasteiger partial charge in [0.25, 0.3) is 0 Å². The van der Waals surface area contributed by atoms with E-state index in [0.29, 0.717) is 11.3 Å². The molecule has 0 radical (unpaired) electrons. The predicted molar refractivity (Wildman–Crippen MR) is 88.3 cm³/mol. The van der Waals surface area contributed by atoms with Crippen molar-refractivity contribution < 1.29 is 14.0 Å². The van der Waals surface area contributed by atoms with Crippen LogP contribution in [0.5, 0.6) is 0 Å². The lowest BCUT2D eigenvalue weighted by molar-refractivity contribution is -0.123. The van der Waals surface area contributed by atoms with Gasteiger partial charge in [0.2, 0.25) is 0 Å². The summed E-state index contributed by atoms with van der Waals surface area (Å²) in [6.07, 6.45) is 7.32. The van der Waals surface area contributed by atoms with Crippen molar-refractivity contribution in [1.29, 1.82) is 0 Å². The van der Waals surface area contributed by atoms with Crippen LogP contribution >= 0.6 is 0 Å². The summed E-state index contributed by atoms with van der Waals surface area (Å²) in [5.41, 5.74) is 1.79. The van der Waals surface area contributed by atoms with E-state index in [-0.39, 0.29) is 36.1 Å². The number of aromatic nitrogens is 2. The van der Waals surface area contributed by atoms with Crippen LogP contribution in [0.3, 0.4) is 0 Å². The summed E-state index contributed by atoms with van der Waals surface area (Å²) >= 11 is 0. The van der Waals surface area contributed by atoms with E-state index in [1.807, 2.05) is 0 Å². The standard InChI is InChI=1S/C19H21FN2O2/c20-16-8-6-13(7-9-16)10-18(24)19-15(12-21-22-19)11-17(23)14-4-2-1-3-5-14/h6-9,12,14H,1-5,10-11H2,(H,21,22). The van der Waals surface area contributed by atoms with Gasteiger partial charge in [-0.15, -0.1) is 0 Å². The van der Waals surface area contributed by atoms with Crippen LogP contribution in [0, 0.1) is 11.7 Å². The number of carbonyl (C=O) groups excluding carboxylic acids is 2. The SMILES string of the molecule is O=C(Cc1ccc(F)cc1)c1[nH]ncc1CC(=O)C1CCCCC1. The van der Waals surface area contributed by atoms with Crippen LogP contribution < -0.4 is 0 Å². The molecule has 4 nitrogen and oxygen atoms in total. The Labute approximate surface area is 140 Å². The highest BCUT2D eigenvalue weighted by molar-refractivity contribution is 5.98. The third-order valence-electron chi connectivity index (χ3n) is 4.70. The zero-order valence-corrected chi connectivity index (χ0v) is 13.6. The van der Waals surface area contributed by atoms with Gasteiger partial charge in [0.1, 0.15) is 17.3 Å². The first-order valence-corrected chi connectivity index (χ1v) is 8.46. The van der Waals surface area contributed by atoms with Crippen LogP contribution in [0.2, 0.25) is 0 Å². The number of benzene rings is 1. The van der Waals surface area contributed by atoms with E-state index >= 15 is 0 Å². The molecular weight excluding hydrogens is 307 g/mol. The van der Waals surface area contributed by atoms with Gasteiger partial charge in [-0.2, -0.15) is 5.10 Å². The second-order valence-electron chi connectivity index (χ2n) is 6.47. The molecule has 0 aliphatic heterocycles. The zero-order chi connectivity index (χ0) is 16.9. The van der Waals surface area contributed by atoms with Crippen molar-refractivity contribution >= 4 is 11.6 Å². The van der Waals surface area contributed by atoms with Gasteiger partial charge in [-0.25, -0.2) is 4.39 Å². The van der Waals surface area contributed by atoms with Gasteiger partial charge >= 0.3 is 0 Å². The molecule has 0 saturated heterocycles. The Hall–Kier alpha value is -2.30. The quantitative estimate of drug-likeness (QED) is 0.823. The normalized spacial score (nSPS) is 15.4. The average Bonchev–Trinajstić information content (AvgIpc) is 3.06. The number of rotatable bonds is 6. The minimum absolute atomic E-state index is 0.119. The fraction of sp³-hybridized carbons (Fsp3) is 0.421. The fourth-order valence-electron chi connectivity index (χ4n) is 3.32. The first kappa shape index (κ1) is 16.6. The fourth-order valence-corrected chi connectivity index (χ4v) is 3.32. The molecule has 1 aliphatic carbocycles. The molecule has 0 bridgehead atoms. The number of nitrogens with one attached hydrogen (secondary N) is 1. The van der Waals surface area contributed by atoms with Gasteiger partial charge in [0.15, 0.2) is 5.78 Å². The van der Waals surface area contributed by atoms with Crippen molar-refractivity contribution in [2.75, 3.05) is 0 Å². The van der Waals surface area contributed by atoms with Gasteiger partial charge in [-0.1, -0.05) is 31.4 Å². The second-order valence-corrected chi connectivity index (χ2v) is 6.47. The summed E-state index contributed by atoms with van der Waals surface area (Å²) in [6.45, 7) is 0. The van der Waals surface area contributed by atoms with Crippen molar-refractivity contribution in [1.82, 2.24) is 10.2 Å². The highest BCUT2D eigenvalue weighted by Gasteiger charge is 2.23. The van der Waals surface area contributed by atoms with Crippen LogP contribution in [-0.2, 0) is 17.6 Å². The maximum absolute atomic E-state index is 12.9. The van der Waals surface area contributed by atoms with Gasteiger partial charge < -0.3 is 0 Å². The Bertz CT molecular complexity index is 715. The molecule has 5 heteroatoms. The highest BCUT2D eigenvalue weighted by Crippen LogP contribution is 2.26. The first-order valence-electron chi connectivity index (χ1n) is 8.46. The van der Waals surface area contributed by atoms with Crippen LogP contribution in [-0.4, -0.2) is 21.8 Å². The first-order chi connectivity index (χ1) is 11.6. The lowest BCUT2D eigenvalue weighted by Gasteiger charge is -2.20. The van der Waals surface area contributed by atoms with Crippen LogP contribution in [0.25, 0.3) is 0 Å². The van der Waals surface area contributed by atoms with Gasteiger partial charge in [-0.3, -0.25) is 14.7 Å². The summed E-state index contributed by atoms with van der Waals surface area (Å²) in [6, 6.07) is 5.86. The molecule has 1 aromatic carbocycles. The third kappa shape index (κ3) is 3.96. The van der Waals surface area contributed by atoms with Crippen LogP contribution in [0.1, 0.15) is 53.7 Å². The molecule has 1 N–H and O–H groups in total. The molecule has 1 heterocycles. The largest absolute Gasteiger partial charge is 0.299 e. The smallest absolute Gasteiger partial charge is 0.185 e. The van der Waals surface area contributed by atoms with Crippen LogP contribution in [0.15, 0.2) is 30.5 Å². The summed E-state index contributed by atoms with van der Waals surface area (Å²) in [7, 11) is 0. The number of nitrogens with zero attached hydrogens (tertiary/aromatic N) is 1. The Kier molecular flexibility index (Phi) is 5.18. The van der Waals surface area contributed by atoms with E-state index < -0.39 is 0 Å². The predicted octanol–water partition coefficient (Wildman–Crippen LogP) is 3.67. The molecule has 0 spiro atoms. The van der Waals surface area contributed by atoms with Gasteiger partial charge in [0, 0.05) is 24.3 Å². The minimum Gasteiger partial charge on any atom is -0.299 e. The number of Topliss-reactive ketones (excluding diaryl/α,β-unsaturated/α-hetero) is 2. The maximum Gasteiger partial charge on any atom is 0.185 e. The van der Waals surface area contributed by atoms with E-state index in [1.165, 1.54) is 18.6 Å². The molecule has 1 saturated carbocycles. The number of aromatic amines is 1. The summed E-state index contributed by atoms with van der Waals surface area (Å²) in [5.74, 6) is -0.141. The topological polar surface area (TPSA) is 62.8 Å². The van der Waals surface area contributed by atoms with Gasteiger partial charge in [0.05, 0.1) is 6.20 Å². The summed E-state index contributed by atoms with van der Waals surface area (Å²) in [5, 5.41) is 6.66. The van der Waals surface area contributed by atoms with Crippen molar-refractivity contribution in [2.24, 2.45) is 5.92 Å². The molecule has 1 fully saturated rings. The number of carbonyl (C=O) groups is 2. The molecule has 0 atom stereocenters. The number of hydrogen-bond donors (Lipinski definition) is 1. The number of halogens is 1. The highest BCUT2D eigenvalue weighted by atomic mass is 19.1. The van der Waals surface area contributed by atoms with Crippen molar-refractivity contribution in [3.63, 3.8) is 0 Å². The third-order valence-corrected chi connectivity index (χ3v) is 4.70. The van der Waals surface area contributed by atoms with Gasteiger partial charge in [-0.05, 0) is 30.5 Å². The molecule has 3 rings (SSSR count). The van der Waals surface area contributed by atoms with E-state index in [4.69, 9.17) is 0 Å². The molecule has 1 aromatic heterocycles. The Morgan fingerprint density at radius 2 is 1.79 bits per heavy atom. The van der Waals surface area contributed by atoms with Crippen molar-refractivity contribution in [3.8, 4) is 0 Å². The van der Waals surface area contributed by atoms with Crippen molar-refractivity contribution in [3.05, 3.63) is 53.1 Å². The summed E-state index contributed by atoms with van der Waals surface area (Å²) in [4.78, 5) is 24.9. The molecular formula is C19H21FN2O2. The van der Waals surface area contributed by atoms with E-state index in [1.54, 1.807) is 18.3 Å². The maximum atomic E-state index is 12.9. The second kappa shape index (κ2) is 7.51. The van der Waals surface area contributed by atoms with E-state index in [0.717, 1.165) is 31.2 Å². The molecule has 1 aliphatic rings. The zero-order valence-electron chi connectivity index (χ0n) is 13.6. The van der Waals surface area contributed by atoms with Crippen LogP contribution in [0.4, 0.5) is 4.39 Å². The molecule has 0 unspecified atom stereocenters. The molecule has 0 amide bonds. The van der Waals surface area contributed by atoms with E-state index in [2.05, 4.69) is 10.2 Å². The number of hydrogen-bond acceptors (Lipinski definition) is 3. The Morgan fingerprint density at radius 3 is 2.50 bits per heavy atom. The lowest BCUT2D eigenvalue weighted by atomic mass is 9.84. The summed E-state index contributed by atoms with van der Waals surface area (Å²) < 4.78 is 12.9. The molecule has 24 heavy (non-hydrogen) atoms. The number of ketones is 2. The Morgan fingerprint density at radius 1 is 1.08 bits per heavy atom. The average molecular weight is 328 g/mol. The van der Waals surface area contributed by atoms with E-state index in [9.17, 15) is 14.0 Å². The Balaban J connectivity index is 1.66. The lowest BCUT2D eigenvalue weighted by Crippen LogP contribution is -2.20. The molecule has 126 valence electrons. The minimum atomic E-state index is -0.327. The van der Waals surface area contributed by atoms with Crippen molar-refractivity contribution in [2.45, 2.75) is 44.9 Å². The monoisotopic (exact) mass is 328 g/mol.